The van der Waals surface area contributed by atoms with E-state index in [9.17, 15) is 24.9 Å². The highest BCUT2D eigenvalue weighted by molar-refractivity contribution is 6.03. The number of carbonyl (C=O) groups excluding carboxylic acids is 2. The van der Waals surface area contributed by atoms with Crippen molar-refractivity contribution in [3.63, 3.8) is 0 Å². The largest absolute Gasteiger partial charge is 0.510 e. The van der Waals surface area contributed by atoms with Gasteiger partial charge >= 0.3 is 0 Å². The number of allylic oxidation sites excluding steroid dienone is 14. The van der Waals surface area contributed by atoms with Crippen LogP contribution in [-0.2, 0) is 9.59 Å². The number of unbranched alkanes of at least 4 members (excludes halogenated alkanes) is 1. The zero-order valence-corrected chi connectivity index (χ0v) is 21.2. The molecule has 1 amide bonds. The maximum absolute atomic E-state index is 11.8. The molecule has 4 N–H and O–H groups in total. The zero-order valence-electron chi connectivity index (χ0n) is 21.2. The molecule has 4 atom stereocenters. The number of aliphatic hydroxyl groups excluding tert-OH is 3. The number of ketones is 1. The molecule has 0 radical (unpaired) electrons. The maximum atomic E-state index is 11.8. The van der Waals surface area contributed by atoms with Crippen LogP contribution in [0.15, 0.2) is 109 Å². The second-order valence-electron chi connectivity index (χ2n) is 8.50. The smallest absolute Gasteiger partial charge is 0.248 e. The summed E-state index contributed by atoms with van der Waals surface area (Å²) in [4.78, 5) is 23.3. The molecule has 0 aromatic carbocycles. The third-order valence-electron chi connectivity index (χ3n) is 5.57. The number of aliphatic hydroxyl groups is 3. The molecule has 36 heavy (non-hydrogen) atoms. The number of hydrogen-bond donors (Lipinski definition) is 4. The number of Topliss-reactive ketones (excluding diaryl/α,β-unsaturated/α-hetero) is 1. The van der Waals surface area contributed by atoms with Crippen LogP contribution >= 0.6 is 0 Å². The Morgan fingerprint density at radius 2 is 1.56 bits per heavy atom. The van der Waals surface area contributed by atoms with Gasteiger partial charge in [-0.15, -0.1) is 0 Å². The first-order valence-electron chi connectivity index (χ1n) is 12.2. The van der Waals surface area contributed by atoms with Gasteiger partial charge in [-0.2, -0.15) is 0 Å². The topological polar surface area (TPSA) is 107 Å². The number of hydrogen-bond acceptors (Lipinski definition) is 5. The van der Waals surface area contributed by atoms with Gasteiger partial charge in [0.2, 0.25) is 5.91 Å². The zero-order chi connectivity index (χ0) is 26.8. The summed E-state index contributed by atoms with van der Waals surface area (Å²) < 4.78 is 0. The van der Waals surface area contributed by atoms with E-state index in [1.807, 2.05) is 50.3 Å². The highest BCUT2D eigenvalue weighted by atomic mass is 16.3. The second kappa shape index (κ2) is 17.9. The normalized spacial score (nSPS) is 18.7. The third kappa shape index (κ3) is 12.3. The molecular formula is C30H39NO5. The van der Waals surface area contributed by atoms with E-state index in [0.29, 0.717) is 0 Å². The lowest BCUT2D eigenvalue weighted by Gasteiger charge is -2.25. The molecular weight excluding hydrogens is 454 g/mol. The van der Waals surface area contributed by atoms with E-state index in [2.05, 4.69) is 11.9 Å². The summed E-state index contributed by atoms with van der Waals surface area (Å²) in [5, 5.41) is 32.6. The van der Waals surface area contributed by atoms with Crippen molar-refractivity contribution in [2.45, 2.75) is 51.7 Å². The van der Waals surface area contributed by atoms with E-state index in [1.165, 1.54) is 6.08 Å². The standard InChI is InChI=1S/C30H39NO5/c1-4-5-6-16-19-25(32)24(3)30(36)23(2)18-15-13-11-9-7-8-10-12-14-17-20-28(35)31-29-26(33)21-22-27(29)34/h4-10,12,14-20,23-25,30,32-33,36H,1,11,13,21-22H2,2-3H3,(H,31,35)/b6-5+,9-7+,10-8+,14-12+,18-15+,19-16+,20-17+. The summed E-state index contributed by atoms with van der Waals surface area (Å²) in [6.07, 6.45) is 27.4. The molecule has 0 aromatic heterocycles. The summed E-state index contributed by atoms with van der Waals surface area (Å²) in [6, 6.07) is 0. The molecule has 0 bridgehead atoms. The quantitative estimate of drug-likeness (QED) is 0.110. The highest BCUT2D eigenvalue weighted by Gasteiger charge is 2.24. The third-order valence-corrected chi connectivity index (χ3v) is 5.57. The Labute approximate surface area is 214 Å². The SMILES string of the molecule is C=C/C=C/C=C/C(O)C(C)C(O)C(C)/C=C/CC/C=C/C=C/C=C/C=C/C(=O)NC1=C(O)CCC1=O. The van der Waals surface area contributed by atoms with E-state index in [4.69, 9.17) is 0 Å². The van der Waals surface area contributed by atoms with Crippen LogP contribution in [0, 0.1) is 11.8 Å². The Balaban J connectivity index is 2.28. The number of nitrogens with one attached hydrogen (secondary N) is 1. The van der Waals surface area contributed by atoms with Gasteiger partial charge in [-0.1, -0.05) is 105 Å². The monoisotopic (exact) mass is 493 g/mol. The fourth-order valence-electron chi connectivity index (χ4n) is 3.32. The summed E-state index contributed by atoms with van der Waals surface area (Å²) in [5.41, 5.74) is -0.00621. The Hall–Kier alpha value is -3.48. The van der Waals surface area contributed by atoms with Crippen molar-refractivity contribution in [3.8, 4) is 0 Å². The van der Waals surface area contributed by atoms with Crippen LogP contribution in [0.5, 0.6) is 0 Å². The van der Waals surface area contributed by atoms with Crippen molar-refractivity contribution in [1.82, 2.24) is 5.32 Å². The number of rotatable bonds is 15. The van der Waals surface area contributed by atoms with Crippen molar-refractivity contribution in [1.29, 1.82) is 0 Å². The van der Waals surface area contributed by atoms with Gasteiger partial charge in [0.05, 0.1) is 12.2 Å². The molecule has 1 rings (SSSR count). The highest BCUT2D eigenvalue weighted by Crippen LogP contribution is 2.19. The van der Waals surface area contributed by atoms with Crippen LogP contribution in [0.4, 0.5) is 0 Å². The molecule has 6 nitrogen and oxygen atoms in total. The molecule has 0 spiro atoms. The molecule has 0 fully saturated rings. The van der Waals surface area contributed by atoms with Crippen LogP contribution in [0.1, 0.15) is 39.5 Å². The minimum Gasteiger partial charge on any atom is -0.510 e. The number of amides is 1. The van der Waals surface area contributed by atoms with Crippen LogP contribution in [-0.4, -0.2) is 39.2 Å². The first-order chi connectivity index (χ1) is 17.3. The first kappa shape index (κ1) is 30.6. The Morgan fingerprint density at radius 3 is 2.22 bits per heavy atom. The van der Waals surface area contributed by atoms with Crippen molar-refractivity contribution in [2.24, 2.45) is 11.8 Å². The molecule has 0 saturated carbocycles. The van der Waals surface area contributed by atoms with Crippen LogP contribution < -0.4 is 5.32 Å². The van der Waals surface area contributed by atoms with E-state index in [-0.39, 0.29) is 41.9 Å². The lowest BCUT2D eigenvalue weighted by atomic mass is 9.88. The summed E-state index contributed by atoms with van der Waals surface area (Å²) >= 11 is 0. The molecule has 0 heterocycles. The van der Waals surface area contributed by atoms with Crippen LogP contribution in [0.2, 0.25) is 0 Å². The van der Waals surface area contributed by atoms with Gasteiger partial charge < -0.3 is 20.6 Å². The molecule has 0 aromatic rings. The summed E-state index contributed by atoms with van der Waals surface area (Å²) in [6.45, 7) is 7.35. The Kier molecular flexibility index (Phi) is 15.2. The molecule has 194 valence electrons. The number of carbonyl (C=O) groups is 2. The average Bonchev–Trinajstić information content (AvgIpc) is 3.18. The first-order valence-corrected chi connectivity index (χ1v) is 12.2. The molecule has 1 aliphatic rings. The van der Waals surface area contributed by atoms with Gasteiger partial charge in [-0.3, -0.25) is 9.59 Å². The molecule has 1 aliphatic carbocycles. The van der Waals surface area contributed by atoms with Gasteiger partial charge in [0.1, 0.15) is 11.5 Å². The predicted octanol–water partition coefficient (Wildman–Crippen LogP) is 5.09. The van der Waals surface area contributed by atoms with Crippen molar-refractivity contribution < 1.29 is 24.9 Å². The van der Waals surface area contributed by atoms with Gasteiger partial charge in [0.15, 0.2) is 5.78 Å². The minimum absolute atomic E-state index is 0.00621. The fourth-order valence-corrected chi connectivity index (χ4v) is 3.32. The minimum atomic E-state index is -0.726. The molecule has 0 aliphatic heterocycles. The van der Waals surface area contributed by atoms with Crippen molar-refractivity contribution in [2.75, 3.05) is 0 Å². The lowest BCUT2D eigenvalue weighted by Crippen LogP contribution is -2.32. The van der Waals surface area contributed by atoms with E-state index < -0.39 is 18.1 Å². The molecule has 6 heteroatoms. The van der Waals surface area contributed by atoms with Gasteiger partial charge in [-0.25, -0.2) is 0 Å². The van der Waals surface area contributed by atoms with E-state index in [0.717, 1.165) is 12.8 Å². The Bertz CT molecular complexity index is 962. The molecule has 4 unspecified atom stereocenters. The Morgan fingerprint density at radius 1 is 0.917 bits per heavy atom. The maximum Gasteiger partial charge on any atom is 0.248 e. The van der Waals surface area contributed by atoms with E-state index >= 15 is 0 Å². The van der Waals surface area contributed by atoms with Crippen molar-refractivity contribution in [3.05, 3.63) is 109 Å². The van der Waals surface area contributed by atoms with E-state index in [1.54, 1.807) is 48.6 Å². The predicted molar refractivity (Wildman–Crippen MR) is 146 cm³/mol. The second-order valence-corrected chi connectivity index (χ2v) is 8.50. The lowest BCUT2D eigenvalue weighted by molar-refractivity contribution is -0.119. The average molecular weight is 494 g/mol. The van der Waals surface area contributed by atoms with Crippen LogP contribution in [0.3, 0.4) is 0 Å². The van der Waals surface area contributed by atoms with Gasteiger partial charge in [0, 0.05) is 30.8 Å². The van der Waals surface area contributed by atoms with Crippen LogP contribution in [0.25, 0.3) is 0 Å². The summed E-state index contributed by atoms with van der Waals surface area (Å²) in [5.74, 6) is -1.15. The van der Waals surface area contributed by atoms with Gasteiger partial charge in [0.25, 0.3) is 0 Å². The fraction of sp³-hybridized carbons (Fsp3) is 0.333. The molecule has 0 saturated heterocycles. The van der Waals surface area contributed by atoms with Gasteiger partial charge in [-0.05, 0) is 12.8 Å². The summed E-state index contributed by atoms with van der Waals surface area (Å²) in [7, 11) is 0. The van der Waals surface area contributed by atoms with Crippen molar-refractivity contribution >= 4 is 11.7 Å².